The number of aliphatic carboxylic acids is 1. The van der Waals surface area contributed by atoms with Crippen LogP contribution in [0.3, 0.4) is 0 Å². The molecule has 1 saturated heterocycles. The molecule has 6 saturated carbocycles. The third-order valence-electron chi connectivity index (χ3n) is 12.2. The third-order valence-corrected chi connectivity index (χ3v) is 12.2. The number of hydrogen-bond acceptors (Lipinski definition) is 6. The molecule has 1 aliphatic heterocycles. The molecule has 0 amide bonds. The highest BCUT2D eigenvalue weighted by atomic mass is 16.6. The Balaban J connectivity index is 0.910. The van der Waals surface area contributed by atoms with E-state index < -0.39 is 5.97 Å². The van der Waals surface area contributed by atoms with Crippen LogP contribution < -0.4 is 0 Å². The maximum absolute atomic E-state index is 13.2. The molecule has 6 aliphatic carbocycles. The Bertz CT molecular complexity index is 960. The number of epoxide rings is 1. The van der Waals surface area contributed by atoms with Crippen LogP contribution in [0.5, 0.6) is 0 Å². The van der Waals surface area contributed by atoms with Crippen molar-refractivity contribution < 1.29 is 33.7 Å². The lowest BCUT2D eigenvalue weighted by Crippen LogP contribution is -2.41. The largest absolute Gasteiger partial charge is 0.481 e. The van der Waals surface area contributed by atoms with Gasteiger partial charge in [-0.3, -0.25) is 14.4 Å². The van der Waals surface area contributed by atoms with Gasteiger partial charge in [0.2, 0.25) is 0 Å². The summed E-state index contributed by atoms with van der Waals surface area (Å²) in [5.74, 6) is 2.85. The summed E-state index contributed by atoms with van der Waals surface area (Å²) in [6.07, 6.45) is 8.66. The van der Waals surface area contributed by atoms with Gasteiger partial charge < -0.3 is 19.3 Å². The van der Waals surface area contributed by atoms with Crippen LogP contribution in [0.25, 0.3) is 0 Å². The number of carbonyl (C=O) groups is 3. The second kappa shape index (κ2) is 8.96. The zero-order valence-electron chi connectivity index (χ0n) is 22.1. The molecule has 7 rings (SSSR count). The number of hydrogen-bond donors (Lipinski definition) is 1. The van der Waals surface area contributed by atoms with Crippen LogP contribution >= 0.6 is 0 Å². The van der Waals surface area contributed by atoms with Gasteiger partial charge in [0, 0.05) is 0 Å². The lowest BCUT2D eigenvalue weighted by atomic mass is 9.67. The molecule has 0 aromatic rings. The molecule has 204 valence electrons. The van der Waals surface area contributed by atoms with Gasteiger partial charge in [-0.2, -0.15) is 0 Å². The molecule has 0 aromatic heterocycles. The van der Waals surface area contributed by atoms with Crippen LogP contribution in [0.4, 0.5) is 0 Å². The maximum Gasteiger partial charge on any atom is 0.309 e. The van der Waals surface area contributed by atoms with E-state index in [0.29, 0.717) is 72.2 Å². The standard InChI is InChI=1S/C30H42O7/c1-3-14(4-13(2)29(33)36-23-10-15-5-16(23)6-19(15)25-12-35-25)30(34)37-24-11-18-9-22(24)27-17-7-20(26(18)27)21(8-17)28(31)32/h13-27H,3-12H2,1-2H3,(H,31,32). The monoisotopic (exact) mass is 514 g/mol. The van der Waals surface area contributed by atoms with Crippen LogP contribution in [0.1, 0.15) is 71.6 Å². The average Bonchev–Trinajstić information content (AvgIpc) is 3.39. The van der Waals surface area contributed by atoms with E-state index in [2.05, 4.69) is 0 Å². The van der Waals surface area contributed by atoms with E-state index in [1.165, 1.54) is 0 Å². The zero-order valence-corrected chi connectivity index (χ0v) is 22.1. The summed E-state index contributed by atoms with van der Waals surface area (Å²) in [7, 11) is 0. The van der Waals surface area contributed by atoms with E-state index in [4.69, 9.17) is 14.2 Å². The predicted molar refractivity (Wildman–Crippen MR) is 132 cm³/mol. The van der Waals surface area contributed by atoms with Gasteiger partial charge in [-0.1, -0.05) is 13.8 Å². The van der Waals surface area contributed by atoms with Gasteiger partial charge in [-0.05, 0) is 111 Å². The van der Waals surface area contributed by atoms with Crippen molar-refractivity contribution in [3.8, 4) is 0 Å². The van der Waals surface area contributed by atoms with Crippen molar-refractivity contribution in [3.63, 3.8) is 0 Å². The average molecular weight is 515 g/mol. The van der Waals surface area contributed by atoms with Crippen molar-refractivity contribution in [2.45, 2.75) is 89.9 Å². The molecule has 0 spiro atoms. The Labute approximate surface area is 219 Å². The van der Waals surface area contributed by atoms with Gasteiger partial charge in [0.05, 0.1) is 30.5 Å². The summed E-state index contributed by atoms with van der Waals surface area (Å²) < 4.78 is 17.7. The number of fused-ring (bicyclic) bond motifs is 11. The number of ether oxygens (including phenoxy) is 3. The van der Waals surface area contributed by atoms with Gasteiger partial charge in [0.1, 0.15) is 12.2 Å². The van der Waals surface area contributed by atoms with Crippen molar-refractivity contribution >= 4 is 17.9 Å². The fourth-order valence-corrected chi connectivity index (χ4v) is 10.6. The van der Waals surface area contributed by atoms with E-state index in [1.807, 2.05) is 13.8 Å². The van der Waals surface area contributed by atoms with Crippen LogP contribution in [0.2, 0.25) is 0 Å². The van der Waals surface area contributed by atoms with Crippen molar-refractivity contribution in [2.75, 3.05) is 6.61 Å². The second-order valence-corrected chi connectivity index (χ2v) is 13.8. The van der Waals surface area contributed by atoms with Crippen LogP contribution in [-0.4, -0.2) is 47.9 Å². The minimum absolute atomic E-state index is 0.0323. The first-order valence-electron chi connectivity index (χ1n) is 15.1. The molecule has 0 radical (unpaired) electrons. The summed E-state index contributed by atoms with van der Waals surface area (Å²) in [5, 5.41) is 9.63. The number of carboxylic acids is 1. The smallest absolute Gasteiger partial charge is 0.309 e. The minimum atomic E-state index is -0.618. The number of carboxylic acid groups (broad SMARTS) is 1. The van der Waals surface area contributed by atoms with Gasteiger partial charge in [0.15, 0.2) is 0 Å². The van der Waals surface area contributed by atoms with Crippen molar-refractivity contribution in [2.24, 2.45) is 71.0 Å². The Kier molecular flexibility index (Phi) is 5.91. The van der Waals surface area contributed by atoms with Crippen molar-refractivity contribution in [3.05, 3.63) is 0 Å². The molecule has 7 fully saturated rings. The Morgan fingerprint density at radius 3 is 2.14 bits per heavy atom. The van der Waals surface area contributed by atoms with Gasteiger partial charge >= 0.3 is 17.9 Å². The van der Waals surface area contributed by atoms with E-state index in [9.17, 15) is 19.5 Å². The van der Waals surface area contributed by atoms with Crippen molar-refractivity contribution in [1.29, 1.82) is 0 Å². The maximum atomic E-state index is 13.2. The lowest BCUT2D eigenvalue weighted by Gasteiger charge is -2.40. The minimum Gasteiger partial charge on any atom is -0.481 e. The van der Waals surface area contributed by atoms with E-state index in [1.54, 1.807) is 0 Å². The van der Waals surface area contributed by atoms with Crippen LogP contribution in [0.15, 0.2) is 0 Å². The first kappa shape index (κ1) is 24.4. The molecule has 7 aliphatic rings. The first-order valence-corrected chi connectivity index (χ1v) is 15.1. The predicted octanol–water partition coefficient (Wildman–Crippen LogP) is 4.32. The molecule has 1 heterocycles. The van der Waals surface area contributed by atoms with Crippen LogP contribution in [-0.2, 0) is 28.6 Å². The first-order chi connectivity index (χ1) is 17.8. The molecule has 7 heteroatoms. The highest BCUT2D eigenvalue weighted by Gasteiger charge is 2.66. The summed E-state index contributed by atoms with van der Waals surface area (Å²) in [6, 6.07) is 0. The van der Waals surface area contributed by atoms with Gasteiger partial charge in [-0.15, -0.1) is 0 Å². The molecular formula is C30H42O7. The molecule has 15 atom stereocenters. The second-order valence-electron chi connectivity index (χ2n) is 13.8. The van der Waals surface area contributed by atoms with E-state index >= 15 is 0 Å². The van der Waals surface area contributed by atoms with Crippen molar-refractivity contribution in [1.82, 2.24) is 0 Å². The third kappa shape index (κ3) is 3.96. The SMILES string of the molecule is CCC(CC(C)C(=O)OC1CC2CC1CC2C1CO1)C(=O)OC1CC2CC1C1C3CC(C(=O)O)C(C3)C21. The van der Waals surface area contributed by atoms with Gasteiger partial charge in [0.25, 0.3) is 0 Å². The fourth-order valence-electron chi connectivity index (χ4n) is 10.6. The molecule has 15 unspecified atom stereocenters. The molecule has 1 N–H and O–H groups in total. The molecule has 6 bridgehead atoms. The van der Waals surface area contributed by atoms with Crippen LogP contribution in [0, 0.1) is 71.0 Å². The highest BCUT2D eigenvalue weighted by molar-refractivity contribution is 5.76. The van der Waals surface area contributed by atoms with Gasteiger partial charge in [-0.25, -0.2) is 0 Å². The lowest BCUT2D eigenvalue weighted by molar-refractivity contribution is -0.162. The number of carbonyl (C=O) groups excluding carboxylic acids is 2. The quantitative estimate of drug-likeness (QED) is 0.278. The highest BCUT2D eigenvalue weighted by Crippen LogP contribution is 2.69. The zero-order chi connectivity index (χ0) is 25.6. The molecule has 0 aromatic carbocycles. The normalized spacial score (nSPS) is 49.6. The Morgan fingerprint density at radius 1 is 0.811 bits per heavy atom. The topological polar surface area (TPSA) is 102 Å². The Hall–Kier alpha value is -1.63. The van der Waals surface area contributed by atoms with E-state index in [-0.39, 0.29) is 41.9 Å². The Morgan fingerprint density at radius 2 is 1.46 bits per heavy atom. The molecular weight excluding hydrogens is 472 g/mol. The summed E-state index contributed by atoms with van der Waals surface area (Å²) in [4.78, 5) is 37.9. The van der Waals surface area contributed by atoms with E-state index in [0.717, 1.165) is 51.6 Å². The number of esters is 2. The molecule has 37 heavy (non-hydrogen) atoms. The summed E-state index contributed by atoms with van der Waals surface area (Å²) in [5.41, 5.74) is 0. The summed E-state index contributed by atoms with van der Waals surface area (Å²) in [6.45, 7) is 4.79. The number of rotatable bonds is 9. The fraction of sp³-hybridized carbons (Fsp3) is 0.900. The summed E-state index contributed by atoms with van der Waals surface area (Å²) >= 11 is 0. The molecule has 7 nitrogen and oxygen atoms in total.